The first-order valence-electron chi connectivity index (χ1n) is 5.47. The van der Waals surface area contributed by atoms with Crippen molar-refractivity contribution in [1.82, 2.24) is 0 Å². The smallest absolute Gasteiger partial charge is 0.338 e. The van der Waals surface area contributed by atoms with Crippen LogP contribution in [0.25, 0.3) is 0 Å². The van der Waals surface area contributed by atoms with Gasteiger partial charge in [0.25, 0.3) is 0 Å². The Kier molecular flexibility index (Phi) is 3.90. The molecule has 1 heterocycles. The topological polar surface area (TPSA) is 76.0 Å². The largest absolute Gasteiger partial charge is 0.459 e. The van der Waals surface area contributed by atoms with Crippen molar-refractivity contribution in [2.75, 3.05) is 6.61 Å². The molecule has 0 radical (unpaired) electrons. The van der Waals surface area contributed by atoms with Crippen molar-refractivity contribution < 1.29 is 28.9 Å². The standard InChI is InChI=1S/C12H13FO5/c13-9-8(18-12(16)10(9)14)6-17-11(15)7-4-2-1-3-5-7/h1-5,8-10,12,14,16H,6H2/t8-,9?,10-,12+/m1/s1. The molecule has 1 aliphatic rings. The summed E-state index contributed by atoms with van der Waals surface area (Å²) in [5.41, 5.74) is 0.340. The van der Waals surface area contributed by atoms with Gasteiger partial charge in [0.05, 0.1) is 5.56 Å². The van der Waals surface area contributed by atoms with Gasteiger partial charge in [-0.1, -0.05) is 18.2 Å². The molecule has 1 aromatic rings. The maximum atomic E-state index is 13.4. The summed E-state index contributed by atoms with van der Waals surface area (Å²) in [5.74, 6) is -0.609. The number of carbonyl (C=O) groups excluding carboxylic acids is 1. The molecule has 4 atom stereocenters. The van der Waals surface area contributed by atoms with E-state index in [0.717, 1.165) is 0 Å². The van der Waals surface area contributed by atoms with E-state index in [1.807, 2.05) is 0 Å². The predicted molar refractivity (Wildman–Crippen MR) is 58.5 cm³/mol. The Balaban J connectivity index is 1.88. The van der Waals surface area contributed by atoms with Crippen LogP contribution in [0.5, 0.6) is 0 Å². The van der Waals surface area contributed by atoms with Crippen LogP contribution in [0.3, 0.4) is 0 Å². The van der Waals surface area contributed by atoms with E-state index >= 15 is 0 Å². The molecule has 2 N–H and O–H groups in total. The van der Waals surface area contributed by atoms with Crippen LogP contribution in [0.2, 0.25) is 0 Å². The third kappa shape index (κ3) is 2.66. The van der Waals surface area contributed by atoms with Crippen LogP contribution in [-0.4, -0.2) is 47.5 Å². The number of halogens is 1. The van der Waals surface area contributed by atoms with Gasteiger partial charge in [0.15, 0.2) is 12.5 Å². The lowest BCUT2D eigenvalue weighted by atomic mass is 10.2. The molecule has 1 saturated heterocycles. The highest BCUT2D eigenvalue weighted by molar-refractivity contribution is 5.89. The average molecular weight is 256 g/mol. The predicted octanol–water partition coefficient (Wildman–Crippen LogP) is 0.260. The van der Waals surface area contributed by atoms with Crippen LogP contribution in [0.1, 0.15) is 10.4 Å². The van der Waals surface area contributed by atoms with Gasteiger partial charge in [-0.3, -0.25) is 0 Å². The van der Waals surface area contributed by atoms with Crippen LogP contribution in [0.15, 0.2) is 30.3 Å². The number of hydrogen-bond acceptors (Lipinski definition) is 5. The van der Waals surface area contributed by atoms with E-state index < -0.39 is 30.6 Å². The lowest BCUT2D eigenvalue weighted by molar-refractivity contribution is -0.133. The molecule has 98 valence electrons. The van der Waals surface area contributed by atoms with Gasteiger partial charge < -0.3 is 19.7 Å². The van der Waals surface area contributed by atoms with Crippen molar-refractivity contribution in [3.63, 3.8) is 0 Å². The molecule has 1 fully saturated rings. The summed E-state index contributed by atoms with van der Waals surface area (Å²) in [5, 5.41) is 18.2. The van der Waals surface area contributed by atoms with Gasteiger partial charge in [-0.25, -0.2) is 9.18 Å². The Bertz CT molecular complexity index is 410. The molecule has 6 heteroatoms. The van der Waals surface area contributed by atoms with E-state index in [4.69, 9.17) is 19.7 Å². The molecular weight excluding hydrogens is 243 g/mol. The second kappa shape index (κ2) is 5.43. The normalized spacial score (nSPS) is 31.3. The number of aliphatic hydroxyl groups excluding tert-OH is 2. The Morgan fingerprint density at radius 3 is 2.56 bits per heavy atom. The molecule has 0 aromatic heterocycles. The summed E-state index contributed by atoms with van der Waals surface area (Å²) in [4.78, 5) is 11.5. The van der Waals surface area contributed by atoms with E-state index in [0.29, 0.717) is 5.56 Å². The maximum absolute atomic E-state index is 13.4. The van der Waals surface area contributed by atoms with Gasteiger partial charge in [-0.15, -0.1) is 0 Å². The van der Waals surface area contributed by atoms with Gasteiger partial charge in [0.1, 0.15) is 18.8 Å². The fourth-order valence-corrected chi connectivity index (χ4v) is 1.66. The van der Waals surface area contributed by atoms with E-state index in [1.165, 1.54) is 0 Å². The Morgan fingerprint density at radius 2 is 2.00 bits per heavy atom. The second-order valence-electron chi connectivity index (χ2n) is 3.96. The summed E-state index contributed by atoms with van der Waals surface area (Å²) >= 11 is 0. The quantitative estimate of drug-likeness (QED) is 0.759. The Hall–Kier alpha value is -1.50. The summed E-state index contributed by atoms with van der Waals surface area (Å²) in [6, 6.07) is 8.23. The lowest BCUT2D eigenvalue weighted by Gasteiger charge is -2.12. The first-order valence-corrected chi connectivity index (χ1v) is 5.47. The second-order valence-corrected chi connectivity index (χ2v) is 3.96. The van der Waals surface area contributed by atoms with Crippen LogP contribution in [0.4, 0.5) is 4.39 Å². The van der Waals surface area contributed by atoms with Crippen LogP contribution in [0, 0.1) is 0 Å². The highest BCUT2D eigenvalue weighted by Gasteiger charge is 2.43. The molecule has 0 bridgehead atoms. The zero-order chi connectivity index (χ0) is 13.1. The molecule has 5 nitrogen and oxygen atoms in total. The Labute approximate surface area is 103 Å². The summed E-state index contributed by atoms with van der Waals surface area (Å²) in [7, 11) is 0. The van der Waals surface area contributed by atoms with Crippen molar-refractivity contribution in [3.8, 4) is 0 Å². The molecule has 18 heavy (non-hydrogen) atoms. The minimum atomic E-state index is -1.77. The third-order valence-electron chi connectivity index (χ3n) is 2.68. The van der Waals surface area contributed by atoms with Crippen molar-refractivity contribution >= 4 is 5.97 Å². The number of rotatable bonds is 3. The zero-order valence-corrected chi connectivity index (χ0v) is 9.40. The van der Waals surface area contributed by atoms with Crippen LogP contribution in [-0.2, 0) is 9.47 Å². The zero-order valence-electron chi connectivity index (χ0n) is 9.40. The fraction of sp³-hybridized carbons (Fsp3) is 0.417. The molecule has 0 amide bonds. The summed E-state index contributed by atoms with van der Waals surface area (Å²) < 4.78 is 22.9. The summed E-state index contributed by atoms with van der Waals surface area (Å²) in [6.07, 6.45) is -6.11. The highest BCUT2D eigenvalue weighted by atomic mass is 19.1. The van der Waals surface area contributed by atoms with Crippen LogP contribution >= 0.6 is 0 Å². The number of ether oxygens (including phenoxy) is 2. The Morgan fingerprint density at radius 1 is 1.33 bits per heavy atom. The molecule has 0 spiro atoms. The third-order valence-corrected chi connectivity index (χ3v) is 2.68. The van der Waals surface area contributed by atoms with E-state index in [2.05, 4.69) is 0 Å². The van der Waals surface area contributed by atoms with Crippen molar-refractivity contribution in [3.05, 3.63) is 35.9 Å². The first kappa shape index (κ1) is 12.9. The van der Waals surface area contributed by atoms with Crippen molar-refractivity contribution in [2.24, 2.45) is 0 Å². The number of hydrogen-bond donors (Lipinski definition) is 2. The number of alkyl halides is 1. The van der Waals surface area contributed by atoms with Gasteiger partial charge in [-0.05, 0) is 12.1 Å². The molecule has 1 unspecified atom stereocenters. The average Bonchev–Trinajstić information content (AvgIpc) is 2.64. The van der Waals surface area contributed by atoms with Gasteiger partial charge in [-0.2, -0.15) is 0 Å². The van der Waals surface area contributed by atoms with Gasteiger partial charge in [0.2, 0.25) is 0 Å². The molecular formula is C12H13FO5. The lowest BCUT2D eigenvalue weighted by Crippen LogP contribution is -2.31. The molecule has 1 aromatic carbocycles. The fourth-order valence-electron chi connectivity index (χ4n) is 1.66. The van der Waals surface area contributed by atoms with Crippen molar-refractivity contribution in [1.29, 1.82) is 0 Å². The number of carbonyl (C=O) groups is 1. The van der Waals surface area contributed by atoms with Crippen LogP contribution < -0.4 is 0 Å². The SMILES string of the molecule is O=C(OC[C@H]1O[C@H](O)[C@H](O)C1F)c1ccccc1. The molecule has 1 aliphatic heterocycles. The summed E-state index contributed by atoms with van der Waals surface area (Å²) in [6.45, 7) is -0.358. The maximum Gasteiger partial charge on any atom is 0.338 e. The minimum absolute atomic E-state index is 0.340. The molecule has 0 aliphatic carbocycles. The first-order chi connectivity index (χ1) is 8.59. The molecule has 2 rings (SSSR count). The molecule has 0 saturated carbocycles. The van der Waals surface area contributed by atoms with Gasteiger partial charge >= 0.3 is 5.97 Å². The minimum Gasteiger partial charge on any atom is -0.459 e. The number of esters is 1. The van der Waals surface area contributed by atoms with Gasteiger partial charge in [0, 0.05) is 0 Å². The highest BCUT2D eigenvalue weighted by Crippen LogP contribution is 2.22. The van der Waals surface area contributed by atoms with E-state index in [-0.39, 0.29) is 6.61 Å². The number of aliphatic hydroxyl groups is 2. The monoisotopic (exact) mass is 256 g/mol. The van der Waals surface area contributed by atoms with E-state index in [9.17, 15) is 9.18 Å². The van der Waals surface area contributed by atoms with Crippen molar-refractivity contribution in [2.45, 2.75) is 24.7 Å². The van der Waals surface area contributed by atoms with E-state index in [1.54, 1.807) is 30.3 Å². The number of benzene rings is 1.